The smallest absolute Gasteiger partial charge is 0.160 e. The van der Waals surface area contributed by atoms with E-state index in [1.165, 1.54) is 0 Å². The molecule has 1 atom stereocenters. The molecule has 0 aliphatic heterocycles. The monoisotopic (exact) mass is 310 g/mol. The fourth-order valence-corrected chi connectivity index (χ4v) is 2.56. The van der Waals surface area contributed by atoms with E-state index in [9.17, 15) is 0 Å². The Morgan fingerprint density at radius 1 is 1.25 bits per heavy atom. The maximum absolute atomic E-state index is 6.23. The maximum Gasteiger partial charge on any atom is 0.160 e. The first-order valence-electron chi connectivity index (χ1n) is 6.23. The third kappa shape index (κ3) is 3.35. The number of hydrogen-bond acceptors (Lipinski definition) is 3. The zero-order chi connectivity index (χ0) is 14.7. The summed E-state index contributed by atoms with van der Waals surface area (Å²) in [6.07, 6.45) is 1.70. The number of methoxy groups -OCH3 is 1. The summed E-state index contributed by atoms with van der Waals surface area (Å²) in [5, 5.41) is 4.66. The lowest BCUT2D eigenvalue weighted by molar-refractivity contribution is 0.414. The zero-order valence-electron chi connectivity index (χ0n) is 11.6. The summed E-state index contributed by atoms with van der Waals surface area (Å²) in [6.45, 7) is 3.97. The second-order valence-electron chi connectivity index (χ2n) is 4.56. The van der Waals surface area contributed by atoms with Crippen LogP contribution in [0.25, 0.3) is 0 Å². The molecule has 1 unspecified atom stereocenters. The Kier molecular flexibility index (Phi) is 4.73. The van der Waals surface area contributed by atoms with Gasteiger partial charge in [0.15, 0.2) is 5.75 Å². The molecule has 1 heterocycles. The summed E-state index contributed by atoms with van der Waals surface area (Å²) in [5.41, 5.74) is 2.79. The average molecular weight is 311 g/mol. The summed E-state index contributed by atoms with van der Waals surface area (Å²) in [7, 11) is 1.62. The van der Waals surface area contributed by atoms with Gasteiger partial charge in [-0.1, -0.05) is 29.3 Å². The molecule has 0 fully saturated rings. The van der Waals surface area contributed by atoms with Crippen molar-refractivity contribution in [1.29, 1.82) is 0 Å². The highest BCUT2D eigenvalue weighted by atomic mass is 35.5. The van der Waals surface area contributed by atoms with Crippen molar-refractivity contribution in [2.75, 3.05) is 12.4 Å². The third-order valence-electron chi connectivity index (χ3n) is 3.03. The summed E-state index contributed by atoms with van der Waals surface area (Å²) in [4.78, 5) is 4.21. The van der Waals surface area contributed by atoms with Gasteiger partial charge in [-0.25, -0.2) is 0 Å². The summed E-state index contributed by atoms with van der Waals surface area (Å²) in [6, 6.07) is 7.46. The fraction of sp³-hybridized carbons (Fsp3) is 0.267. The molecule has 0 spiro atoms. The Hall–Kier alpha value is -1.45. The van der Waals surface area contributed by atoms with Gasteiger partial charge in [0.25, 0.3) is 0 Å². The van der Waals surface area contributed by atoms with Crippen molar-refractivity contribution in [2.24, 2.45) is 0 Å². The lowest BCUT2D eigenvalue weighted by Gasteiger charge is -2.19. The first kappa shape index (κ1) is 14.9. The lowest BCUT2D eigenvalue weighted by Crippen LogP contribution is -2.08. The molecule has 0 aliphatic rings. The van der Waals surface area contributed by atoms with E-state index in [2.05, 4.69) is 10.3 Å². The van der Waals surface area contributed by atoms with Crippen molar-refractivity contribution in [2.45, 2.75) is 19.9 Å². The van der Waals surface area contributed by atoms with Crippen LogP contribution in [-0.4, -0.2) is 12.1 Å². The third-order valence-corrected chi connectivity index (χ3v) is 3.59. The first-order valence-corrected chi connectivity index (χ1v) is 6.99. The minimum Gasteiger partial charge on any atom is -0.493 e. The predicted octanol–water partition coefficient (Wildman–Crippen LogP) is 4.88. The van der Waals surface area contributed by atoms with Gasteiger partial charge >= 0.3 is 0 Å². The molecule has 1 aromatic carbocycles. The van der Waals surface area contributed by atoms with Gasteiger partial charge in [0.05, 0.1) is 25.0 Å². The second kappa shape index (κ2) is 6.33. The van der Waals surface area contributed by atoms with Crippen LogP contribution in [0.15, 0.2) is 30.5 Å². The number of aromatic nitrogens is 1. The molecule has 0 saturated heterocycles. The van der Waals surface area contributed by atoms with Gasteiger partial charge in [-0.2, -0.15) is 0 Å². The topological polar surface area (TPSA) is 34.1 Å². The summed E-state index contributed by atoms with van der Waals surface area (Å²) < 4.78 is 5.31. The molecule has 3 nitrogen and oxygen atoms in total. The van der Waals surface area contributed by atoms with Gasteiger partial charge in [0, 0.05) is 15.7 Å². The van der Waals surface area contributed by atoms with E-state index in [0.29, 0.717) is 15.8 Å². The molecule has 0 bridgehead atoms. The van der Waals surface area contributed by atoms with E-state index in [-0.39, 0.29) is 6.04 Å². The van der Waals surface area contributed by atoms with E-state index < -0.39 is 0 Å². The molecule has 106 valence electrons. The number of ether oxygens (including phenoxy) is 1. The molecule has 2 rings (SSSR count). The van der Waals surface area contributed by atoms with Crippen LogP contribution in [-0.2, 0) is 0 Å². The Morgan fingerprint density at radius 3 is 2.65 bits per heavy atom. The van der Waals surface area contributed by atoms with Crippen molar-refractivity contribution in [3.8, 4) is 5.75 Å². The highest BCUT2D eigenvalue weighted by Gasteiger charge is 2.12. The zero-order valence-corrected chi connectivity index (χ0v) is 13.1. The van der Waals surface area contributed by atoms with Crippen LogP contribution in [0.4, 0.5) is 5.69 Å². The van der Waals surface area contributed by atoms with E-state index in [0.717, 1.165) is 16.9 Å². The van der Waals surface area contributed by atoms with E-state index in [1.807, 2.05) is 32.0 Å². The summed E-state index contributed by atoms with van der Waals surface area (Å²) in [5.74, 6) is 0.701. The molecule has 0 radical (unpaired) electrons. The Morgan fingerprint density at radius 2 is 2.00 bits per heavy atom. The molecule has 2 aromatic rings. The molecular formula is C15H16Cl2N2O. The number of aryl methyl sites for hydroxylation is 1. The number of rotatable bonds is 4. The van der Waals surface area contributed by atoms with Crippen molar-refractivity contribution in [3.63, 3.8) is 0 Å². The van der Waals surface area contributed by atoms with Crippen molar-refractivity contribution < 1.29 is 4.74 Å². The van der Waals surface area contributed by atoms with E-state index >= 15 is 0 Å². The molecular weight excluding hydrogens is 295 g/mol. The normalized spacial score (nSPS) is 12.1. The largest absolute Gasteiger partial charge is 0.493 e. The Bertz CT molecular complexity index is 617. The van der Waals surface area contributed by atoms with Gasteiger partial charge in [-0.15, -0.1) is 0 Å². The molecule has 0 aliphatic carbocycles. The van der Waals surface area contributed by atoms with Gasteiger partial charge < -0.3 is 10.1 Å². The van der Waals surface area contributed by atoms with Crippen LogP contribution in [0.2, 0.25) is 10.0 Å². The van der Waals surface area contributed by atoms with Crippen LogP contribution in [0.3, 0.4) is 0 Å². The van der Waals surface area contributed by atoms with Gasteiger partial charge in [-0.05, 0) is 37.6 Å². The number of pyridine rings is 1. The number of benzene rings is 1. The number of hydrogen-bond donors (Lipinski definition) is 1. The first-order chi connectivity index (χ1) is 9.51. The highest BCUT2D eigenvalue weighted by molar-refractivity contribution is 6.35. The van der Waals surface area contributed by atoms with Crippen molar-refractivity contribution in [1.82, 2.24) is 4.98 Å². The SMILES string of the molecule is COc1cnc(C)cc1NC(C)c1ccc(Cl)cc1Cl. The van der Waals surface area contributed by atoms with E-state index in [1.54, 1.807) is 19.4 Å². The van der Waals surface area contributed by atoms with Crippen LogP contribution < -0.4 is 10.1 Å². The Labute approximate surface area is 128 Å². The molecule has 1 N–H and O–H groups in total. The molecule has 0 saturated carbocycles. The van der Waals surface area contributed by atoms with Crippen LogP contribution >= 0.6 is 23.2 Å². The average Bonchev–Trinajstić information content (AvgIpc) is 2.38. The van der Waals surface area contributed by atoms with Crippen LogP contribution in [0.1, 0.15) is 24.2 Å². The molecule has 5 heteroatoms. The van der Waals surface area contributed by atoms with E-state index in [4.69, 9.17) is 27.9 Å². The van der Waals surface area contributed by atoms with Gasteiger partial charge in [-0.3, -0.25) is 4.98 Å². The minimum atomic E-state index is 0.0236. The number of anilines is 1. The van der Waals surface area contributed by atoms with Crippen LogP contribution in [0, 0.1) is 6.92 Å². The number of nitrogens with zero attached hydrogens (tertiary/aromatic N) is 1. The van der Waals surface area contributed by atoms with Crippen LogP contribution in [0.5, 0.6) is 5.75 Å². The second-order valence-corrected chi connectivity index (χ2v) is 5.40. The summed E-state index contributed by atoms with van der Waals surface area (Å²) >= 11 is 12.1. The van der Waals surface area contributed by atoms with Crippen molar-refractivity contribution >= 4 is 28.9 Å². The molecule has 0 amide bonds. The minimum absolute atomic E-state index is 0.0236. The number of halogens is 2. The fourth-order valence-electron chi connectivity index (χ4n) is 1.99. The number of nitrogens with one attached hydrogen (secondary N) is 1. The maximum atomic E-state index is 6.23. The predicted molar refractivity (Wildman–Crippen MR) is 84.0 cm³/mol. The molecule has 1 aromatic heterocycles. The van der Waals surface area contributed by atoms with Crippen molar-refractivity contribution in [3.05, 3.63) is 51.8 Å². The quantitative estimate of drug-likeness (QED) is 0.874. The standard InChI is InChI=1S/C15H16Cl2N2O/c1-9-6-14(15(20-3)8-18-9)19-10(2)12-5-4-11(16)7-13(12)17/h4-8,10H,1-3H3,(H,18,19). The van der Waals surface area contributed by atoms with Gasteiger partial charge in [0.1, 0.15) is 0 Å². The lowest BCUT2D eigenvalue weighted by atomic mass is 10.1. The highest BCUT2D eigenvalue weighted by Crippen LogP contribution is 2.31. The molecule has 20 heavy (non-hydrogen) atoms. The van der Waals surface area contributed by atoms with Gasteiger partial charge in [0.2, 0.25) is 0 Å². The Balaban J connectivity index is 2.27.